The average Bonchev–Trinajstić information content (AvgIpc) is 3.10. The van der Waals surface area contributed by atoms with Gasteiger partial charge >= 0.3 is 0 Å². The van der Waals surface area contributed by atoms with Crippen LogP contribution in [-0.2, 0) is 14.8 Å². The standard InChI is InChI=1S/C20H26N2O5S/c23-20(14-16-4-1-2-5-16)21-8-10-22(11-9-21)28(24,25)17-6-7-18-19(15-17)27-13-3-12-26-18/h1,4,6-7,15-16H,2-3,5,8-14H2. The summed E-state index contributed by atoms with van der Waals surface area (Å²) in [7, 11) is -3.63. The van der Waals surface area contributed by atoms with Gasteiger partial charge in [0.25, 0.3) is 0 Å². The number of sulfonamides is 1. The van der Waals surface area contributed by atoms with Gasteiger partial charge in [-0.1, -0.05) is 12.2 Å². The van der Waals surface area contributed by atoms with Crippen molar-refractivity contribution in [3.05, 3.63) is 30.4 Å². The van der Waals surface area contributed by atoms with Crippen LogP contribution in [0.25, 0.3) is 0 Å². The normalized spacial score (nSPS) is 22.9. The van der Waals surface area contributed by atoms with Crippen molar-refractivity contribution in [3.63, 3.8) is 0 Å². The van der Waals surface area contributed by atoms with E-state index in [4.69, 9.17) is 9.47 Å². The number of carbonyl (C=O) groups is 1. The maximum Gasteiger partial charge on any atom is 0.243 e. The van der Waals surface area contributed by atoms with Gasteiger partial charge in [-0.05, 0) is 30.9 Å². The van der Waals surface area contributed by atoms with Crippen LogP contribution in [-0.4, -0.2) is 62.9 Å². The molecule has 1 aromatic carbocycles. The number of ether oxygens (including phenoxy) is 2. The van der Waals surface area contributed by atoms with Gasteiger partial charge in [-0.2, -0.15) is 4.31 Å². The Kier molecular flexibility index (Phi) is 5.59. The second kappa shape index (κ2) is 8.13. The highest BCUT2D eigenvalue weighted by atomic mass is 32.2. The fourth-order valence-corrected chi connectivity index (χ4v) is 5.29. The van der Waals surface area contributed by atoms with Gasteiger partial charge in [0, 0.05) is 45.1 Å². The van der Waals surface area contributed by atoms with E-state index in [0.29, 0.717) is 63.2 Å². The second-order valence-corrected chi connectivity index (χ2v) is 9.35. The maximum absolute atomic E-state index is 13.0. The molecule has 0 spiro atoms. The van der Waals surface area contributed by atoms with Crippen LogP contribution in [0.5, 0.6) is 11.5 Å². The number of rotatable bonds is 4. The van der Waals surface area contributed by atoms with Crippen LogP contribution in [0, 0.1) is 5.92 Å². The first-order chi connectivity index (χ1) is 13.5. The molecule has 1 aliphatic carbocycles. The molecule has 1 fully saturated rings. The Hall–Kier alpha value is -2.06. The van der Waals surface area contributed by atoms with Crippen molar-refractivity contribution in [2.24, 2.45) is 5.92 Å². The van der Waals surface area contributed by atoms with Gasteiger partial charge in [-0.15, -0.1) is 0 Å². The topological polar surface area (TPSA) is 76.2 Å². The summed E-state index contributed by atoms with van der Waals surface area (Å²) in [6, 6.07) is 4.76. The molecular formula is C20H26N2O5S. The highest BCUT2D eigenvalue weighted by molar-refractivity contribution is 7.89. The molecule has 2 heterocycles. The molecule has 8 heteroatoms. The summed E-state index contributed by atoms with van der Waals surface area (Å²) in [6.07, 6.45) is 7.60. The van der Waals surface area contributed by atoms with Crippen molar-refractivity contribution in [3.8, 4) is 11.5 Å². The molecule has 1 aromatic rings. The first-order valence-electron chi connectivity index (χ1n) is 9.88. The zero-order valence-electron chi connectivity index (χ0n) is 15.9. The Morgan fingerprint density at radius 2 is 1.82 bits per heavy atom. The van der Waals surface area contributed by atoms with Crippen LogP contribution in [0.4, 0.5) is 0 Å². The van der Waals surface area contributed by atoms with E-state index in [2.05, 4.69) is 12.2 Å². The van der Waals surface area contributed by atoms with Gasteiger partial charge in [0.2, 0.25) is 15.9 Å². The minimum atomic E-state index is -3.63. The fraction of sp³-hybridized carbons (Fsp3) is 0.550. The van der Waals surface area contributed by atoms with Crippen molar-refractivity contribution in [1.82, 2.24) is 9.21 Å². The number of amides is 1. The summed E-state index contributed by atoms with van der Waals surface area (Å²) in [6.45, 7) is 2.54. The van der Waals surface area contributed by atoms with E-state index in [1.165, 1.54) is 4.31 Å². The van der Waals surface area contributed by atoms with E-state index in [9.17, 15) is 13.2 Å². The molecule has 0 saturated carbocycles. The van der Waals surface area contributed by atoms with Crippen LogP contribution in [0.2, 0.25) is 0 Å². The van der Waals surface area contributed by atoms with Crippen LogP contribution in [0.15, 0.2) is 35.2 Å². The van der Waals surface area contributed by atoms with Gasteiger partial charge < -0.3 is 14.4 Å². The molecule has 152 valence electrons. The monoisotopic (exact) mass is 406 g/mol. The predicted molar refractivity (Wildman–Crippen MR) is 104 cm³/mol. The first kappa shape index (κ1) is 19.3. The van der Waals surface area contributed by atoms with Gasteiger partial charge in [-0.3, -0.25) is 4.79 Å². The van der Waals surface area contributed by atoms with E-state index in [1.54, 1.807) is 23.1 Å². The van der Waals surface area contributed by atoms with Gasteiger partial charge in [-0.25, -0.2) is 8.42 Å². The van der Waals surface area contributed by atoms with E-state index >= 15 is 0 Å². The lowest BCUT2D eigenvalue weighted by molar-refractivity contribution is -0.133. The number of hydrogen-bond acceptors (Lipinski definition) is 5. The predicted octanol–water partition coefficient (Wildman–Crippen LogP) is 2.04. The number of hydrogen-bond donors (Lipinski definition) is 0. The van der Waals surface area contributed by atoms with Gasteiger partial charge in [0.1, 0.15) is 0 Å². The lowest BCUT2D eigenvalue weighted by atomic mass is 10.0. The molecule has 0 aromatic heterocycles. The minimum Gasteiger partial charge on any atom is -0.490 e. The molecule has 2 aliphatic heterocycles. The Labute approximate surface area is 166 Å². The van der Waals surface area contributed by atoms with Crippen LogP contribution in [0.1, 0.15) is 25.7 Å². The molecular weight excluding hydrogens is 380 g/mol. The van der Waals surface area contributed by atoms with Crippen molar-refractivity contribution in [2.75, 3.05) is 39.4 Å². The molecule has 0 radical (unpaired) electrons. The van der Waals surface area contributed by atoms with Gasteiger partial charge in [0.15, 0.2) is 11.5 Å². The van der Waals surface area contributed by atoms with E-state index in [-0.39, 0.29) is 10.8 Å². The summed E-state index contributed by atoms with van der Waals surface area (Å²) >= 11 is 0. The summed E-state index contributed by atoms with van der Waals surface area (Å²) in [5, 5.41) is 0. The Morgan fingerprint density at radius 1 is 1.07 bits per heavy atom. The number of nitrogens with zero attached hydrogens (tertiary/aromatic N) is 2. The molecule has 1 atom stereocenters. The average molecular weight is 407 g/mol. The third kappa shape index (κ3) is 4.03. The van der Waals surface area contributed by atoms with Crippen LogP contribution < -0.4 is 9.47 Å². The quantitative estimate of drug-likeness (QED) is 0.716. The van der Waals surface area contributed by atoms with Crippen molar-refractivity contribution in [2.45, 2.75) is 30.6 Å². The second-order valence-electron chi connectivity index (χ2n) is 7.41. The number of piperazine rings is 1. The van der Waals surface area contributed by atoms with Crippen molar-refractivity contribution >= 4 is 15.9 Å². The SMILES string of the molecule is O=C(CC1C=CCC1)N1CCN(S(=O)(=O)c2ccc3c(c2)OCCCO3)CC1. The summed E-state index contributed by atoms with van der Waals surface area (Å²) in [5.74, 6) is 1.49. The zero-order chi connectivity index (χ0) is 19.6. The largest absolute Gasteiger partial charge is 0.490 e. The molecule has 1 saturated heterocycles. The highest BCUT2D eigenvalue weighted by Crippen LogP contribution is 2.33. The molecule has 7 nitrogen and oxygen atoms in total. The Bertz CT molecular complexity index is 859. The summed E-state index contributed by atoms with van der Waals surface area (Å²) < 4.78 is 38.7. The lowest BCUT2D eigenvalue weighted by Crippen LogP contribution is -2.50. The minimum absolute atomic E-state index is 0.115. The maximum atomic E-state index is 13.0. The lowest BCUT2D eigenvalue weighted by Gasteiger charge is -2.34. The zero-order valence-corrected chi connectivity index (χ0v) is 16.7. The van der Waals surface area contributed by atoms with Crippen molar-refractivity contribution < 1.29 is 22.7 Å². The molecule has 0 bridgehead atoms. The molecule has 4 rings (SSSR count). The molecule has 0 N–H and O–H groups in total. The highest BCUT2D eigenvalue weighted by Gasteiger charge is 2.31. The smallest absolute Gasteiger partial charge is 0.243 e. The third-order valence-corrected chi connectivity index (χ3v) is 7.39. The van der Waals surface area contributed by atoms with Gasteiger partial charge in [0.05, 0.1) is 18.1 Å². The number of carbonyl (C=O) groups excluding carboxylic acids is 1. The molecule has 28 heavy (non-hydrogen) atoms. The summed E-state index contributed by atoms with van der Waals surface area (Å²) in [4.78, 5) is 14.5. The molecule has 3 aliphatic rings. The van der Waals surface area contributed by atoms with Crippen LogP contribution in [0.3, 0.4) is 0 Å². The fourth-order valence-electron chi connectivity index (χ4n) is 3.85. The number of benzene rings is 1. The molecule has 1 amide bonds. The molecule has 1 unspecified atom stereocenters. The van der Waals surface area contributed by atoms with E-state index < -0.39 is 10.0 Å². The van der Waals surface area contributed by atoms with Crippen LogP contribution >= 0.6 is 0 Å². The van der Waals surface area contributed by atoms with E-state index in [1.807, 2.05) is 0 Å². The third-order valence-electron chi connectivity index (χ3n) is 5.50. The van der Waals surface area contributed by atoms with E-state index in [0.717, 1.165) is 19.3 Å². The van der Waals surface area contributed by atoms with Crippen molar-refractivity contribution in [1.29, 1.82) is 0 Å². The number of fused-ring (bicyclic) bond motifs is 1. The number of allylic oxidation sites excluding steroid dienone is 2. The Morgan fingerprint density at radius 3 is 2.54 bits per heavy atom. The first-order valence-corrected chi connectivity index (χ1v) is 11.3. The Balaban J connectivity index is 1.40. The summed E-state index contributed by atoms with van der Waals surface area (Å²) in [5.41, 5.74) is 0.